The molecule has 1 saturated carbocycles. The number of carbonyl (C=O) groups excluding carboxylic acids is 1. The number of halogens is 1. The molecule has 0 spiro atoms. The van der Waals surface area contributed by atoms with Crippen molar-refractivity contribution in [3.8, 4) is 11.5 Å². The molecule has 1 fully saturated rings. The maximum absolute atomic E-state index is 14.1. The molecule has 4 rings (SSSR count). The minimum atomic E-state index is -0.881. The average molecular weight is 538 g/mol. The van der Waals surface area contributed by atoms with Crippen molar-refractivity contribution in [2.45, 2.75) is 50.7 Å². The highest BCUT2D eigenvalue weighted by atomic mass is 35.5. The highest BCUT2D eigenvalue weighted by Crippen LogP contribution is 2.39. The van der Waals surface area contributed by atoms with Crippen LogP contribution in [0.4, 0.5) is 11.4 Å². The van der Waals surface area contributed by atoms with Crippen LogP contribution < -0.4 is 19.7 Å². The second kappa shape index (κ2) is 12.6. The van der Waals surface area contributed by atoms with Crippen LogP contribution in [-0.2, 0) is 11.3 Å². The number of hydrogen-bond donors (Lipinski definition) is 1. The van der Waals surface area contributed by atoms with Gasteiger partial charge in [0.1, 0.15) is 11.7 Å². The Bertz CT molecular complexity index is 1260. The summed E-state index contributed by atoms with van der Waals surface area (Å²) >= 11 is 6.12. The summed E-state index contributed by atoms with van der Waals surface area (Å²) in [5, 5.41) is 15.9. The Morgan fingerprint density at radius 1 is 1.03 bits per heavy atom. The molecular formula is C29H32ClN3O5. The van der Waals surface area contributed by atoms with Crippen molar-refractivity contribution in [1.29, 1.82) is 0 Å². The van der Waals surface area contributed by atoms with Crippen molar-refractivity contribution in [3.63, 3.8) is 0 Å². The van der Waals surface area contributed by atoms with Crippen molar-refractivity contribution < 1.29 is 19.2 Å². The van der Waals surface area contributed by atoms with Gasteiger partial charge in [0.15, 0.2) is 11.5 Å². The fraction of sp³-hybridized carbons (Fsp3) is 0.345. The second-order valence-electron chi connectivity index (χ2n) is 9.36. The summed E-state index contributed by atoms with van der Waals surface area (Å²) in [4.78, 5) is 27.5. The lowest BCUT2D eigenvalue weighted by Crippen LogP contribution is -2.45. The minimum Gasteiger partial charge on any atom is -0.493 e. The quantitative estimate of drug-likeness (QED) is 0.235. The molecule has 38 heavy (non-hydrogen) atoms. The third-order valence-corrected chi connectivity index (χ3v) is 7.14. The zero-order chi connectivity index (χ0) is 27.1. The van der Waals surface area contributed by atoms with Crippen LogP contribution >= 0.6 is 11.6 Å². The Hall–Kier alpha value is -3.78. The standard InChI is InChI=1S/C29H32ClN3O5/c1-37-26-17-14-21(18-27(26)38-2)28(29(34)31-23-8-4-3-5-9-23)32(19-20-12-15-22(30)16-13-20)24-10-6-7-11-25(24)33(35)36/h6-7,10-18,23,28H,3-5,8-9,19H2,1-2H3,(H,31,34). The Morgan fingerprint density at radius 2 is 1.71 bits per heavy atom. The van der Waals surface area contributed by atoms with Crippen LogP contribution in [0.3, 0.4) is 0 Å². The second-order valence-corrected chi connectivity index (χ2v) is 9.80. The SMILES string of the molecule is COc1ccc(C(C(=O)NC2CCCCC2)N(Cc2ccc(Cl)cc2)c2ccccc2[N+](=O)[O-])cc1OC. The number of hydrogen-bond acceptors (Lipinski definition) is 6. The molecule has 1 aliphatic rings. The number of para-hydroxylation sites is 2. The van der Waals surface area contributed by atoms with E-state index in [1.165, 1.54) is 13.2 Å². The highest BCUT2D eigenvalue weighted by molar-refractivity contribution is 6.30. The van der Waals surface area contributed by atoms with E-state index in [1.807, 2.05) is 12.1 Å². The molecule has 0 saturated heterocycles. The molecule has 1 amide bonds. The number of amides is 1. The first-order chi connectivity index (χ1) is 18.4. The number of nitrogens with zero attached hydrogens (tertiary/aromatic N) is 2. The number of ether oxygens (including phenoxy) is 2. The highest BCUT2D eigenvalue weighted by Gasteiger charge is 2.34. The van der Waals surface area contributed by atoms with Crippen LogP contribution in [0.25, 0.3) is 0 Å². The molecule has 0 aliphatic heterocycles. The van der Waals surface area contributed by atoms with Gasteiger partial charge in [-0.25, -0.2) is 0 Å². The van der Waals surface area contributed by atoms with Crippen LogP contribution in [0.1, 0.15) is 49.3 Å². The third kappa shape index (κ3) is 6.37. The molecule has 1 N–H and O–H groups in total. The van der Waals surface area contributed by atoms with Gasteiger partial charge in [0, 0.05) is 23.7 Å². The summed E-state index contributed by atoms with van der Waals surface area (Å²) in [6.07, 6.45) is 5.10. The van der Waals surface area contributed by atoms with Gasteiger partial charge in [0.25, 0.3) is 5.69 Å². The van der Waals surface area contributed by atoms with Crippen molar-refractivity contribution in [1.82, 2.24) is 5.32 Å². The van der Waals surface area contributed by atoms with E-state index in [4.69, 9.17) is 21.1 Å². The van der Waals surface area contributed by atoms with Crippen LogP contribution in [0.15, 0.2) is 66.7 Å². The number of nitrogens with one attached hydrogen (secondary N) is 1. The topological polar surface area (TPSA) is 93.9 Å². The van der Waals surface area contributed by atoms with E-state index in [-0.39, 0.29) is 24.2 Å². The number of methoxy groups -OCH3 is 2. The first-order valence-electron chi connectivity index (χ1n) is 12.7. The molecule has 8 nitrogen and oxygen atoms in total. The van der Waals surface area contributed by atoms with Crippen molar-refractivity contribution >= 4 is 28.9 Å². The lowest BCUT2D eigenvalue weighted by molar-refractivity contribution is -0.384. The monoisotopic (exact) mass is 537 g/mol. The Morgan fingerprint density at radius 3 is 2.37 bits per heavy atom. The lowest BCUT2D eigenvalue weighted by atomic mass is 9.94. The summed E-state index contributed by atoms with van der Waals surface area (Å²) in [5.41, 5.74) is 1.73. The van der Waals surface area contributed by atoms with Crippen LogP contribution in [-0.4, -0.2) is 31.1 Å². The van der Waals surface area contributed by atoms with Crippen LogP contribution in [0.2, 0.25) is 5.02 Å². The molecule has 0 radical (unpaired) electrons. The van der Waals surface area contributed by atoms with Crippen molar-refractivity contribution in [2.24, 2.45) is 0 Å². The van der Waals surface area contributed by atoms with Gasteiger partial charge >= 0.3 is 0 Å². The molecule has 0 heterocycles. The van der Waals surface area contributed by atoms with Gasteiger partial charge < -0.3 is 19.7 Å². The molecule has 1 aliphatic carbocycles. The molecule has 1 unspecified atom stereocenters. The van der Waals surface area contributed by atoms with Crippen molar-refractivity contribution in [2.75, 3.05) is 19.1 Å². The zero-order valence-electron chi connectivity index (χ0n) is 21.6. The number of nitro groups is 1. The summed E-state index contributed by atoms with van der Waals surface area (Å²) in [5.74, 6) is 0.767. The van der Waals surface area contributed by atoms with Gasteiger partial charge in [-0.3, -0.25) is 14.9 Å². The predicted octanol–water partition coefficient (Wildman–Crippen LogP) is 6.46. The maximum Gasteiger partial charge on any atom is 0.292 e. The molecular weight excluding hydrogens is 506 g/mol. The first-order valence-corrected chi connectivity index (χ1v) is 13.1. The van der Waals surface area contributed by atoms with Gasteiger partial charge in [0.2, 0.25) is 5.91 Å². The molecule has 3 aromatic rings. The van der Waals surface area contributed by atoms with Gasteiger partial charge in [0.05, 0.1) is 19.1 Å². The fourth-order valence-electron chi connectivity index (χ4n) is 4.99. The Labute approximate surface area is 227 Å². The fourth-order valence-corrected chi connectivity index (χ4v) is 5.11. The largest absolute Gasteiger partial charge is 0.493 e. The number of benzene rings is 3. The Balaban J connectivity index is 1.86. The van der Waals surface area contributed by atoms with Gasteiger partial charge in [-0.1, -0.05) is 61.2 Å². The van der Waals surface area contributed by atoms with Gasteiger partial charge in [-0.2, -0.15) is 0 Å². The smallest absolute Gasteiger partial charge is 0.292 e. The molecule has 9 heteroatoms. The molecule has 3 aromatic carbocycles. The van der Waals surface area contributed by atoms with E-state index >= 15 is 0 Å². The Kier molecular flexibility index (Phi) is 9.07. The lowest BCUT2D eigenvalue weighted by Gasteiger charge is -2.35. The number of rotatable bonds is 10. The molecule has 200 valence electrons. The predicted molar refractivity (Wildman–Crippen MR) is 148 cm³/mol. The maximum atomic E-state index is 14.1. The van der Waals surface area contributed by atoms with E-state index < -0.39 is 11.0 Å². The van der Waals surface area contributed by atoms with E-state index in [0.29, 0.717) is 27.8 Å². The normalized spacial score (nSPS) is 14.4. The van der Waals surface area contributed by atoms with Crippen molar-refractivity contribution in [3.05, 3.63) is 93.0 Å². The summed E-state index contributed by atoms with van der Waals surface area (Å²) in [6.45, 7) is 0.235. The molecule has 1 atom stereocenters. The molecule has 0 bridgehead atoms. The summed E-state index contributed by atoms with van der Waals surface area (Å²) in [6, 6.07) is 18.2. The summed E-state index contributed by atoms with van der Waals surface area (Å²) in [7, 11) is 3.08. The van der Waals surface area contributed by atoms with Crippen LogP contribution in [0.5, 0.6) is 11.5 Å². The van der Waals surface area contributed by atoms with E-state index in [9.17, 15) is 14.9 Å². The van der Waals surface area contributed by atoms with Gasteiger partial charge in [-0.15, -0.1) is 0 Å². The summed E-state index contributed by atoms with van der Waals surface area (Å²) < 4.78 is 11.0. The van der Waals surface area contributed by atoms with E-state index in [0.717, 1.165) is 37.7 Å². The third-order valence-electron chi connectivity index (χ3n) is 6.89. The number of carbonyl (C=O) groups is 1. The van der Waals surface area contributed by atoms with E-state index in [2.05, 4.69) is 5.32 Å². The first kappa shape index (κ1) is 27.3. The zero-order valence-corrected chi connectivity index (χ0v) is 22.3. The van der Waals surface area contributed by atoms with E-state index in [1.54, 1.807) is 60.5 Å². The number of nitro benzene ring substituents is 1. The minimum absolute atomic E-state index is 0.0574. The van der Waals surface area contributed by atoms with Crippen LogP contribution in [0, 0.1) is 10.1 Å². The number of anilines is 1. The molecule has 0 aromatic heterocycles. The van der Waals surface area contributed by atoms with Gasteiger partial charge in [-0.05, 0) is 54.3 Å². The average Bonchev–Trinajstić information content (AvgIpc) is 2.94.